The molecule has 1 aromatic heterocycles. The maximum absolute atomic E-state index is 11.2. The molecule has 0 radical (unpaired) electrons. The molecule has 0 saturated carbocycles. The third kappa shape index (κ3) is 3.45. The number of rotatable bonds is 5. The molecular weight excluding hydrogens is 240 g/mol. The quantitative estimate of drug-likeness (QED) is 0.760. The predicted molar refractivity (Wildman–Crippen MR) is 78.4 cm³/mol. The van der Waals surface area contributed by atoms with Crippen molar-refractivity contribution in [2.75, 3.05) is 20.6 Å². The lowest BCUT2D eigenvalue weighted by Crippen LogP contribution is -2.46. The minimum absolute atomic E-state index is 0.0846. The Morgan fingerprint density at radius 1 is 1.26 bits per heavy atom. The van der Waals surface area contributed by atoms with Gasteiger partial charge in [0.1, 0.15) is 0 Å². The first kappa shape index (κ1) is 13.8. The summed E-state index contributed by atoms with van der Waals surface area (Å²) >= 11 is 0. The standard InChI is InChI=1S/C14H22N4O/c1-14(2,15-3)9-18(4)8-10-5-6-11-12(7-10)17-13(19)16-11/h5-7,15H,8-9H2,1-4H3,(H2,16,17,19). The second kappa shape index (κ2) is 5.19. The maximum atomic E-state index is 11.2. The lowest BCUT2D eigenvalue weighted by Gasteiger charge is -2.30. The normalized spacial score (nSPS) is 12.5. The molecule has 0 aliphatic heterocycles. The Bertz CT molecular complexity index is 611. The van der Waals surface area contributed by atoms with E-state index in [2.05, 4.69) is 47.1 Å². The molecule has 2 aromatic rings. The van der Waals surface area contributed by atoms with Crippen LogP contribution in [0.1, 0.15) is 19.4 Å². The van der Waals surface area contributed by atoms with Crippen molar-refractivity contribution in [2.45, 2.75) is 25.9 Å². The van der Waals surface area contributed by atoms with Crippen molar-refractivity contribution in [2.24, 2.45) is 0 Å². The van der Waals surface area contributed by atoms with Crippen LogP contribution in [0.3, 0.4) is 0 Å². The van der Waals surface area contributed by atoms with Gasteiger partial charge in [-0.1, -0.05) is 6.07 Å². The fraction of sp³-hybridized carbons (Fsp3) is 0.500. The molecule has 1 heterocycles. The van der Waals surface area contributed by atoms with E-state index in [0.717, 1.165) is 24.1 Å². The number of aromatic nitrogens is 2. The number of imidazole rings is 1. The van der Waals surface area contributed by atoms with Gasteiger partial charge in [0, 0.05) is 18.6 Å². The molecule has 2 rings (SSSR count). The van der Waals surface area contributed by atoms with Crippen LogP contribution in [-0.4, -0.2) is 41.0 Å². The van der Waals surface area contributed by atoms with Gasteiger partial charge in [0.15, 0.2) is 0 Å². The molecule has 0 saturated heterocycles. The van der Waals surface area contributed by atoms with Gasteiger partial charge in [-0.25, -0.2) is 4.79 Å². The fourth-order valence-electron chi connectivity index (χ4n) is 2.30. The summed E-state index contributed by atoms with van der Waals surface area (Å²) < 4.78 is 0. The van der Waals surface area contributed by atoms with Gasteiger partial charge in [-0.3, -0.25) is 0 Å². The molecular formula is C14H22N4O. The van der Waals surface area contributed by atoms with Gasteiger partial charge in [0.05, 0.1) is 11.0 Å². The van der Waals surface area contributed by atoms with Gasteiger partial charge in [-0.15, -0.1) is 0 Å². The number of hydrogen-bond donors (Lipinski definition) is 3. The molecule has 0 spiro atoms. The molecule has 19 heavy (non-hydrogen) atoms. The van der Waals surface area contributed by atoms with E-state index in [-0.39, 0.29) is 11.2 Å². The van der Waals surface area contributed by atoms with E-state index in [9.17, 15) is 4.79 Å². The Balaban J connectivity index is 2.10. The smallest absolute Gasteiger partial charge is 0.314 e. The SMILES string of the molecule is CNC(C)(C)CN(C)Cc1ccc2[nH]c(=O)[nH]c2c1. The second-order valence-corrected chi connectivity index (χ2v) is 5.77. The topological polar surface area (TPSA) is 63.9 Å². The van der Waals surface area contributed by atoms with E-state index in [4.69, 9.17) is 0 Å². The third-order valence-electron chi connectivity index (χ3n) is 3.37. The van der Waals surface area contributed by atoms with Gasteiger partial charge >= 0.3 is 5.69 Å². The summed E-state index contributed by atoms with van der Waals surface area (Å²) in [6.45, 7) is 6.16. The van der Waals surface area contributed by atoms with Crippen molar-refractivity contribution in [1.29, 1.82) is 0 Å². The molecule has 3 N–H and O–H groups in total. The van der Waals surface area contributed by atoms with E-state index in [1.54, 1.807) is 0 Å². The molecule has 5 nitrogen and oxygen atoms in total. The van der Waals surface area contributed by atoms with Crippen LogP contribution < -0.4 is 11.0 Å². The first-order chi connectivity index (χ1) is 8.89. The molecule has 0 unspecified atom stereocenters. The predicted octanol–water partition coefficient (Wildman–Crippen LogP) is 1.29. The average Bonchev–Trinajstić information content (AvgIpc) is 2.67. The molecule has 0 aliphatic rings. The van der Waals surface area contributed by atoms with E-state index in [0.29, 0.717) is 0 Å². The number of nitrogens with one attached hydrogen (secondary N) is 3. The van der Waals surface area contributed by atoms with Gasteiger partial charge < -0.3 is 20.2 Å². The average molecular weight is 262 g/mol. The van der Waals surface area contributed by atoms with E-state index < -0.39 is 0 Å². The third-order valence-corrected chi connectivity index (χ3v) is 3.37. The van der Waals surface area contributed by atoms with Crippen molar-refractivity contribution in [3.05, 3.63) is 34.2 Å². The van der Waals surface area contributed by atoms with Gasteiger partial charge in [0.25, 0.3) is 0 Å². The van der Waals surface area contributed by atoms with Gasteiger partial charge in [-0.05, 0) is 45.6 Å². The largest absolute Gasteiger partial charge is 0.323 e. The maximum Gasteiger partial charge on any atom is 0.323 e. The highest BCUT2D eigenvalue weighted by Gasteiger charge is 2.17. The van der Waals surface area contributed by atoms with Crippen LogP contribution in [0.2, 0.25) is 0 Å². The number of fused-ring (bicyclic) bond motifs is 1. The van der Waals surface area contributed by atoms with Crippen LogP contribution in [0.25, 0.3) is 11.0 Å². The van der Waals surface area contributed by atoms with E-state index in [1.165, 1.54) is 5.56 Å². The molecule has 0 atom stereocenters. The number of benzene rings is 1. The Morgan fingerprint density at radius 2 is 1.95 bits per heavy atom. The Hall–Kier alpha value is -1.59. The monoisotopic (exact) mass is 262 g/mol. The molecule has 5 heteroatoms. The van der Waals surface area contributed by atoms with Crippen molar-refractivity contribution in [1.82, 2.24) is 20.2 Å². The minimum atomic E-state index is -0.156. The first-order valence-corrected chi connectivity index (χ1v) is 6.48. The summed E-state index contributed by atoms with van der Waals surface area (Å²) in [4.78, 5) is 19.0. The summed E-state index contributed by atoms with van der Waals surface area (Å²) in [5, 5.41) is 3.30. The zero-order valence-corrected chi connectivity index (χ0v) is 12.0. The molecule has 1 aromatic carbocycles. The highest BCUT2D eigenvalue weighted by molar-refractivity contribution is 5.74. The van der Waals surface area contributed by atoms with Crippen molar-refractivity contribution in [3.63, 3.8) is 0 Å². The van der Waals surface area contributed by atoms with E-state index in [1.807, 2.05) is 19.2 Å². The van der Waals surface area contributed by atoms with Crippen molar-refractivity contribution in [3.8, 4) is 0 Å². The number of aromatic amines is 2. The summed E-state index contributed by atoms with van der Waals surface area (Å²) in [6, 6.07) is 6.02. The van der Waals surface area contributed by atoms with Crippen LogP contribution in [0.15, 0.2) is 23.0 Å². The lowest BCUT2D eigenvalue weighted by molar-refractivity contribution is 0.238. The molecule has 0 aliphatic carbocycles. The number of hydrogen-bond acceptors (Lipinski definition) is 3. The van der Waals surface area contributed by atoms with Crippen molar-refractivity contribution >= 4 is 11.0 Å². The van der Waals surface area contributed by atoms with Crippen LogP contribution in [0.5, 0.6) is 0 Å². The highest BCUT2D eigenvalue weighted by atomic mass is 16.1. The first-order valence-electron chi connectivity index (χ1n) is 6.48. The molecule has 0 amide bonds. The Morgan fingerprint density at radius 3 is 2.63 bits per heavy atom. The van der Waals surface area contributed by atoms with Crippen LogP contribution in [-0.2, 0) is 6.54 Å². The Kier molecular flexibility index (Phi) is 3.78. The van der Waals surface area contributed by atoms with E-state index >= 15 is 0 Å². The molecule has 104 valence electrons. The van der Waals surface area contributed by atoms with Crippen LogP contribution >= 0.6 is 0 Å². The number of nitrogens with zero attached hydrogens (tertiary/aromatic N) is 1. The minimum Gasteiger partial charge on any atom is -0.314 e. The Labute approximate surface area is 113 Å². The zero-order chi connectivity index (χ0) is 14.0. The summed E-state index contributed by atoms with van der Waals surface area (Å²) in [6.07, 6.45) is 0. The van der Waals surface area contributed by atoms with Crippen LogP contribution in [0.4, 0.5) is 0 Å². The summed E-state index contributed by atoms with van der Waals surface area (Å²) in [5.74, 6) is 0. The fourth-order valence-corrected chi connectivity index (χ4v) is 2.30. The summed E-state index contributed by atoms with van der Waals surface area (Å²) in [5.41, 5.74) is 2.84. The summed E-state index contributed by atoms with van der Waals surface area (Å²) in [7, 11) is 4.08. The zero-order valence-electron chi connectivity index (χ0n) is 12.0. The lowest BCUT2D eigenvalue weighted by atomic mass is 10.1. The van der Waals surface area contributed by atoms with Crippen molar-refractivity contribution < 1.29 is 0 Å². The molecule has 0 fully saturated rings. The van der Waals surface area contributed by atoms with Crippen LogP contribution in [0, 0.1) is 0 Å². The number of H-pyrrole nitrogens is 2. The van der Waals surface area contributed by atoms with Gasteiger partial charge in [-0.2, -0.15) is 0 Å². The second-order valence-electron chi connectivity index (χ2n) is 5.77. The van der Waals surface area contributed by atoms with Gasteiger partial charge in [0.2, 0.25) is 0 Å². The highest BCUT2D eigenvalue weighted by Crippen LogP contribution is 2.13. The number of likely N-dealkylation sites (N-methyl/N-ethyl adjacent to an activating group) is 2. The molecule has 0 bridgehead atoms.